The zero-order chi connectivity index (χ0) is 19.2. The van der Waals surface area contributed by atoms with Gasteiger partial charge in [-0.15, -0.1) is 11.3 Å². The number of rotatable bonds is 6. The third-order valence-corrected chi connectivity index (χ3v) is 5.09. The molecule has 1 aromatic carbocycles. The van der Waals surface area contributed by atoms with Crippen LogP contribution < -0.4 is 20.1 Å². The number of imide groups is 1. The summed E-state index contributed by atoms with van der Waals surface area (Å²) in [6.07, 6.45) is 0. The van der Waals surface area contributed by atoms with Crippen LogP contribution in [0.5, 0.6) is 11.5 Å². The van der Waals surface area contributed by atoms with Crippen molar-refractivity contribution >= 4 is 40.6 Å². The zero-order valence-electron chi connectivity index (χ0n) is 14.8. The summed E-state index contributed by atoms with van der Waals surface area (Å²) < 4.78 is 11.6. The first-order chi connectivity index (χ1) is 13.0. The quantitative estimate of drug-likeness (QED) is 0.764. The van der Waals surface area contributed by atoms with Gasteiger partial charge in [-0.2, -0.15) is 0 Å². The normalized spacial score (nSPS) is 12.7. The summed E-state index contributed by atoms with van der Waals surface area (Å²) in [6.45, 7) is 4.31. The Labute approximate surface area is 166 Å². The lowest BCUT2D eigenvalue weighted by Crippen LogP contribution is -2.41. The fourth-order valence-electron chi connectivity index (χ4n) is 2.59. The highest BCUT2D eigenvalue weighted by atomic mass is 35.5. The maximum Gasteiger partial charge on any atom is 0.325 e. The Morgan fingerprint density at radius 1 is 1.19 bits per heavy atom. The molecule has 0 radical (unpaired) electrons. The highest BCUT2D eigenvalue weighted by Gasteiger charge is 2.15. The Hall–Kier alpha value is -2.29. The van der Waals surface area contributed by atoms with Gasteiger partial charge in [0, 0.05) is 23.2 Å². The van der Waals surface area contributed by atoms with E-state index in [1.54, 1.807) is 18.2 Å². The number of thiophene rings is 1. The number of fused-ring (bicyclic) bond motifs is 1. The molecule has 0 spiro atoms. The molecular weight excluding hydrogens is 390 g/mol. The molecule has 2 heterocycles. The van der Waals surface area contributed by atoms with Crippen molar-refractivity contribution in [3.05, 3.63) is 39.5 Å². The molecule has 0 aliphatic carbocycles. The number of anilines is 1. The molecule has 144 valence electrons. The molecule has 1 aliphatic heterocycles. The SMILES string of the molecule is CCN(CC(=O)NC(=O)Nc1ccc2c(c1)OCCO2)Cc1ccc(Cl)s1. The highest BCUT2D eigenvalue weighted by Crippen LogP contribution is 2.32. The van der Waals surface area contributed by atoms with E-state index in [2.05, 4.69) is 10.6 Å². The van der Waals surface area contributed by atoms with Crippen LogP contribution in [-0.4, -0.2) is 43.1 Å². The van der Waals surface area contributed by atoms with Crippen LogP contribution in [0.4, 0.5) is 10.5 Å². The van der Waals surface area contributed by atoms with Crippen molar-refractivity contribution in [3.63, 3.8) is 0 Å². The lowest BCUT2D eigenvalue weighted by Gasteiger charge is -2.20. The van der Waals surface area contributed by atoms with E-state index in [4.69, 9.17) is 21.1 Å². The summed E-state index contributed by atoms with van der Waals surface area (Å²) in [6, 6.07) is 8.25. The van der Waals surface area contributed by atoms with E-state index in [-0.39, 0.29) is 12.5 Å². The van der Waals surface area contributed by atoms with Crippen LogP contribution in [0.2, 0.25) is 4.34 Å². The summed E-state index contributed by atoms with van der Waals surface area (Å²) in [7, 11) is 0. The molecule has 0 saturated carbocycles. The molecule has 0 unspecified atom stereocenters. The molecule has 2 aromatic rings. The molecule has 0 fully saturated rings. The van der Waals surface area contributed by atoms with Crippen molar-refractivity contribution in [1.82, 2.24) is 10.2 Å². The molecule has 0 bridgehead atoms. The minimum Gasteiger partial charge on any atom is -0.486 e. The van der Waals surface area contributed by atoms with Gasteiger partial charge in [-0.25, -0.2) is 4.79 Å². The van der Waals surface area contributed by atoms with Crippen molar-refractivity contribution in [2.24, 2.45) is 0 Å². The number of hydrogen-bond acceptors (Lipinski definition) is 6. The molecule has 2 N–H and O–H groups in total. The smallest absolute Gasteiger partial charge is 0.325 e. The van der Waals surface area contributed by atoms with Crippen LogP contribution in [0.1, 0.15) is 11.8 Å². The van der Waals surface area contributed by atoms with Crippen molar-refractivity contribution < 1.29 is 19.1 Å². The minimum absolute atomic E-state index is 0.112. The van der Waals surface area contributed by atoms with Crippen LogP contribution in [0.3, 0.4) is 0 Å². The van der Waals surface area contributed by atoms with Gasteiger partial charge in [0.05, 0.1) is 10.9 Å². The monoisotopic (exact) mass is 409 g/mol. The third kappa shape index (κ3) is 5.59. The second kappa shape index (κ2) is 9.07. The van der Waals surface area contributed by atoms with Crippen LogP contribution >= 0.6 is 22.9 Å². The lowest BCUT2D eigenvalue weighted by atomic mass is 10.2. The summed E-state index contributed by atoms with van der Waals surface area (Å²) in [5, 5.41) is 4.97. The number of carbonyl (C=O) groups excluding carboxylic acids is 2. The van der Waals surface area contributed by atoms with Gasteiger partial charge < -0.3 is 14.8 Å². The number of halogens is 1. The zero-order valence-corrected chi connectivity index (χ0v) is 16.4. The molecule has 3 rings (SSSR count). The summed E-state index contributed by atoms with van der Waals surface area (Å²) in [5.74, 6) is 0.822. The van der Waals surface area contributed by atoms with E-state index in [1.165, 1.54) is 11.3 Å². The number of amides is 3. The fourth-order valence-corrected chi connectivity index (χ4v) is 3.72. The fraction of sp³-hybridized carbons (Fsp3) is 0.333. The molecule has 9 heteroatoms. The first kappa shape index (κ1) is 19.5. The largest absolute Gasteiger partial charge is 0.486 e. The molecule has 1 aliphatic rings. The maximum absolute atomic E-state index is 12.2. The number of nitrogens with zero attached hydrogens (tertiary/aromatic N) is 1. The van der Waals surface area contributed by atoms with Gasteiger partial charge in [0.1, 0.15) is 13.2 Å². The highest BCUT2D eigenvalue weighted by molar-refractivity contribution is 7.16. The molecule has 3 amide bonds. The topological polar surface area (TPSA) is 79.9 Å². The number of urea groups is 1. The first-order valence-corrected chi connectivity index (χ1v) is 9.70. The Morgan fingerprint density at radius 2 is 1.96 bits per heavy atom. The summed E-state index contributed by atoms with van der Waals surface area (Å²) in [5.41, 5.74) is 0.519. The van der Waals surface area contributed by atoms with E-state index >= 15 is 0 Å². The van der Waals surface area contributed by atoms with Crippen molar-refractivity contribution in [2.75, 3.05) is 31.6 Å². The summed E-state index contributed by atoms with van der Waals surface area (Å²) >= 11 is 7.41. The molecule has 27 heavy (non-hydrogen) atoms. The molecule has 1 aromatic heterocycles. The van der Waals surface area contributed by atoms with Gasteiger partial charge in [0.25, 0.3) is 0 Å². The third-order valence-electron chi connectivity index (χ3n) is 3.88. The van der Waals surface area contributed by atoms with Gasteiger partial charge in [0.2, 0.25) is 5.91 Å². The van der Waals surface area contributed by atoms with E-state index in [9.17, 15) is 9.59 Å². The minimum atomic E-state index is -0.591. The molecule has 0 saturated heterocycles. The second-order valence-electron chi connectivity index (χ2n) is 5.87. The van der Waals surface area contributed by atoms with E-state index in [0.717, 1.165) is 4.88 Å². The van der Waals surface area contributed by atoms with Crippen molar-refractivity contribution in [3.8, 4) is 11.5 Å². The van der Waals surface area contributed by atoms with Gasteiger partial charge in [-0.3, -0.25) is 15.0 Å². The Kier molecular flexibility index (Phi) is 6.54. The van der Waals surface area contributed by atoms with Crippen molar-refractivity contribution in [1.29, 1.82) is 0 Å². The molecule has 0 atom stereocenters. The van der Waals surface area contributed by atoms with Crippen LogP contribution in [0, 0.1) is 0 Å². The average molecular weight is 410 g/mol. The number of likely N-dealkylation sites (N-methyl/N-ethyl adjacent to an activating group) is 1. The van der Waals surface area contributed by atoms with Crippen LogP contribution in [0.25, 0.3) is 0 Å². The van der Waals surface area contributed by atoms with E-state index in [1.807, 2.05) is 24.0 Å². The van der Waals surface area contributed by atoms with E-state index < -0.39 is 6.03 Å². The maximum atomic E-state index is 12.2. The first-order valence-electron chi connectivity index (χ1n) is 8.50. The Bertz CT molecular complexity index is 827. The second-order valence-corrected chi connectivity index (χ2v) is 7.67. The Morgan fingerprint density at radius 3 is 2.67 bits per heavy atom. The predicted molar refractivity (Wildman–Crippen MR) is 105 cm³/mol. The number of carbonyl (C=O) groups is 2. The molecular formula is C18H20ClN3O4S. The van der Waals surface area contributed by atoms with Gasteiger partial charge in [-0.05, 0) is 30.8 Å². The lowest BCUT2D eigenvalue weighted by molar-refractivity contribution is -0.121. The van der Waals surface area contributed by atoms with Crippen LogP contribution in [-0.2, 0) is 11.3 Å². The number of nitrogens with one attached hydrogen (secondary N) is 2. The van der Waals surface area contributed by atoms with Crippen molar-refractivity contribution in [2.45, 2.75) is 13.5 Å². The van der Waals surface area contributed by atoms with Gasteiger partial charge in [-0.1, -0.05) is 18.5 Å². The Balaban J connectivity index is 1.50. The molecule has 7 nitrogen and oxygen atoms in total. The predicted octanol–water partition coefficient (Wildman–Crippen LogP) is 3.34. The van der Waals surface area contributed by atoms with Gasteiger partial charge >= 0.3 is 6.03 Å². The average Bonchev–Trinajstić information content (AvgIpc) is 3.05. The van der Waals surface area contributed by atoms with E-state index in [0.29, 0.717) is 47.8 Å². The van der Waals surface area contributed by atoms with Crippen LogP contribution in [0.15, 0.2) is 30.3 Å². The van der Waals surface area contributed by atoms with Gasteiger partial charge in [0.15, 0.2) is 11.5 Å². The number of ether oxygens (including phenoxy) is 2. The summed E-state index contributed by atoms with van der Waals surface area (Å²) in [4.78, 5) is 27.2. The number of benzene rings is 1. The number of hydrogen-bond donors (Lipinski definition) is 2. The standard InChI is InChI=1S/C18H20ClN3O4S/c1-2-22(10-13-4-6-16(19)27-13)11-17(23)21-18(24)20-12-3-5-14-15(9-12)26-8-7-25-14/h3-6,9H,2,7-8,10-11H2,1H3,(H2,20,21,23,24).